The van der Waals surface area contributed by atoms with Crippen LogP contribution in [0.1, 0.15) is 30.1 Å². The molecule has 0 spiro atoms. The Labute approximate surface area is 150 Å². The van der Waals surface area contributed by atoms with E-state index in [1.165, 1.54) is 0 Å². The Morgan fingerprint density at radius 3 is 2.64 bits per heavy atom. The molecular formula is C16H29N5O3S. The molecule has 1 unspecified atom stereocenters. The Bertz CT molecular complexity index is 682. The SMILES string of the molecule is CN(C)Cc1cc(C2CCCN(S(=O)(=O)N3CCOCC3)C2)nn1C. The maximum atomic E-state index is 12.9. The van der Waals surface area contributed by atoms with E-state index in [0.29, 0.717) is 39.4 Å². The van der Waals surface area contributed by atoms with Gasteiger partial charge in [0.15, 0.2) is 0 Å². The molecule has 2 saturated heterocycles. The van der Waals surface area contributed by atoms with Crippen molar-refractivity contribution in [1.82, 2.24) is 23.3 Å². The highest BCUT2D eigenvalue weighted by Crippen LogP contribution is 2.29. The second-order valence-corrected chi connectivity index (χ2v) is 9.07. The first-order chi connectivity index (χ1) is 11.9. The van der Waals surface area contributed by atoms with Gasteiger partial charge in [-0.3, -0.25) is 4.68 Å². The van der Waals surface area contributed by atoms with Crippen molar-refractivity contribution < 1.29 is 13.2 Å². The molecule has 2 aliphatic heterocycles. The van der Waals surface area contributed by atoms with Crippen LogP contribution in [-0.4, -0.2) is 85.2 Å². The summed E-state index contributed by atoms with van der Waals surface area (Å²) in [4.78, 5) is 2.11. The molecule has 25 heavy (non-hydrogen) atoms. The first kappa shape index (κ1) is 18.8. The third-order valence-electron chi connectivity index (χ3n) is 4.90. The van der Waals surface area contributed by atoms with E-state index in [1.807, 2.05) is 25.8 Å². The molecule has 2 aliphatic rings. The molecule has 142 valence electrons. The first-order valence-electron chi connectivity index (χ1n) is 8.88. The van der Waals surface area contributed by atoms with Crippen molar-refractivity contribution in [1.29, 1.82) is 0 Å². The minimum Gasteiger partial charge on any atom is -0.379 e. The summed E-state index contributed by atoms with van der Waals surface area (Å²) >= 11 is 0. The van der Waals surface area contributed by atoms with Gasteiger partial charge in [-0.1, -0.05) is 0 Å². The highest BCUT2D eigenvalue weighted by Gasteiger charge is 2.35. The number of ether oxygens (including phenoxy) is 1. The minimum atomic E-state index is -3.40. The van der Waals surface area contributed by atoms with E-state index >= 15 is 0 Å². The van der Waals surface area contributed by atoms with E-state index in [9.17, 15) is 8.42 Å². The fourth-order valence-electron chi connectivity index (χ4n) is 3.54. The third kappa shape index (κ3) is 4.22. The minimum absolute atomic E-state index is 0.159. The van der Waals surface area contributed by atoms with Crippen LogP contribution in [0.2, 0.25) is 0 Å². The molecule has 1 aromatic heterocycles. The molecule has 3 rings (SSSR count). The molecule has 0 aliphatic carbocycles. The number of hydrogen-bond acceptors (Lipinski definition) is 5. The summed E-state index contributed by atoms with van der Waals surface area (Å²) in [6.45, 7) is 3.77. The van der Waals surface area contributed by atoms with Gasteiger partial charge in [0.25, 0.3) is 10.2 Å². The van der Waals surface area contributed by atoms with Crippen LogP contribution in [0.25, 0.3) is 0 Å². The topological polar surface area (TPSA) is 70.9 Å². The molecular weight excluding hydrogens is 342 g/mol. The molecule has 9 heteroatoms. The lowest BCUT2D eigenvalue weighted by Gasteiger charge is -2.36. The van der Waals surface area contributed by atoms with Crippen LogP contribution < -0.4 is 0 Å². The highest BCUT2D eigenvalue weighted by atomic mass is 32.2. The second kappa shape index (κ2) is 7.71. The Hall–Kier alpha value is -1.00. The summed E-state index contributed by atoms with van der Waals surface area (Å²) in [5.41, 5.74) is 2.15. The van der Waals surface area contributed by atoms with Gasteiger partial charge in [-0.25, -0.2) is 0 Å². The fourth-order valence-corrected chi connectivity index (χ4v) is 5.20. The summed E-state index contributed by atoms with van der Waals surface area (Å²) in [5.74, 6) is 0.159. The van der Waals surface area contributed by atoms with E-state index in [1.54, 1.807) is 8.61 Å². The lowest BCUT2D eigenvalue weighted by Crippen LogP contribution is -2.51. The number of piperidine rings is 1. The van der Waals surface area contributed by atoms with Crippen LogP contribution in [0.4, 0.5) is 0 Å². The summed E-state index contributed by atoms with van der Waals surface area (Å²) < 4.78 is 36.2. The van der Waals surface area contributed by atoms with Gasteiger partial charge in [0.2, 0.25) is 0 Å². The molecule has 0 bridgehead atoms. The van der Waals surface area contributed by atoms with Gasteiger partial charge < -0.3 is 9.64 Å². The molecule has 0 saturated carbocycles. The third-order valence-corrected chi connectivity index (χ3v) is 6.90. The number of nitrogens with zero attached hydrogens (tertiary/aromatic N) is 5. The molecule has 3 heterocycles. The average Bonchev–Trinajstić information content (AvgIpc) is 2.96. The van der Waals surface area contributed by atoms with E-state index in [-0.39, 0.29) is 5.92 Å². The Balaban J connectivity index is 1.72. The standard InChI is InChI=1S/C16H29N5O3S/c1-18(2)13-15-11-16(17-19(15)3)14-5-4-6-21(12-14)25(22,23)20-7-9-24-10-8-20/h11,14H,4-10,12-13H2,1-3H3. The molecule has 1 aromatic rings. The van der Waals surface area contributed by atoms with Gasteiger partial charge in [-0.15, -0.1) is 0 Å². The summed E-state index contributed by atoms with van der Waals surface area (Å²) in [5, 5.41) is 4.65. The molecule has 8 nitrogen and oxygen atoms in total. The van der Waals surface area contributed by atoms with Gasteiger partial charge in [-0.2, -0.15) is 22.1 Å². The van der Waals surface area contributed by atoms with Crippen molar-refractivity contribution in [2.75, 3.05) is 53.5 Å². The summed E-state index contributed by atoms with van der Waals surface area (Å²) in [6.07, 6.45) is 1.85. The highest BCUT2D eigenvalue weighted by molar-refractivity contribution is 7.86. The van der Waals surface area contributed by atoms with E-state index in [2.05, 4.69) is 16.1 Å². The summed E-state index contributed by atoms with van der Waals surface area (Å²) in [6, 6.07) is 2.12. The van der Waals surface area contributed by atoms with Crippen LogP contribution in [-0.2, 0) is 28.5 Å². The zero-order chi connectivity index (χ0) is 18.0. The van der Waals surface area contributed by atoms with Crippen molar-refractivity contribution in [2.24, 2.45) is 7.05 Å². The quantitative estimate of drug-likeness (QED) is 0.741. The van der Waals surface area contributed by atoms with Crippen LogP contribution in [0.5, 0.6) is 0 Å². The number of aryl methyl sites for hydroxylation is 1. The predicted molar refractivity (Wildman–Crippen MR) is 95.5 cm³/mol. The zero-order valence-corrected chi connectivity index (χ0v) is 16.2. The van der Waals surface area contributed by atoms with Crippen LogP contribution >= 0.6 is 0 Å². The molecule has 2 fully saturated rings. The predicted octanol–water partition coefficient (Wildman–Crippen LogP) is 0.238. The van der Waals surface area contributed by atoms with E-state index in [0.717, 1.165) is 30.8 Å². The molecule has 0 aromatic carbocycles. The normalized spacial score (nSPS) is 24.1. The maximum Gasteiger partial charge on any atom is 0.282 e. The first-order valence-corrected chi connectivity index (χ1v) is 10.3. The summed E-state index contributed by atoms with van der Waals surface area (Å²) in [7, 11) is 2.61. The number of aromatic nitrogens is 2. The van der Waals surface area contributed by atoms with E-state index < -0.39 is 10.2 Å². The van der Waals surface area contributed by atoms with E-state index in [4.69, 9.17) is 4.74 Å². The maximum absolute atomic E-state index is 12.9. The molecule has 0 amide bonds. The molecule has 0 N–H and O–H groups in total. The smallest absolute Gasteiger partial charge is 0.282 e. The lowest BCUT2D eigenvalue weighted by atomic mass is 9.96. The van der Waals surface area contributed by atoms with Crippen LogP contribution in [0.15, 0.2) is 6.07 Å². The van der Waals surface area contributed by atoms with Gasteiger partial charge in [0, 0.05) is 45.7 Å². The fraction of sp³-hybridized carbons (Fsp3) is 0.812. The van der Waals surface area contributed by atoms with Crippen LogP contribution in [0, 0.1) is 0 Å². The van der Waals surface area contributed by atoms with Crippen molar-refractivity contribution in [3.63, 3.8) is 0 Å². The van der Waals surface area contributed by atoms with Crippen molar-refractivity contribution in [3.8, 4) is 0 Å². The molecule has 1 atom stereocenters. The largest absolute Gasteiger partial charge is 0.379 e. The van der Waals surface area contributed by atoms with Crippen molar-refractivity contribution >= 4 is 10.2 Å². The number of rotatable bonds is 5. The van der Waals surface area contributed by atoms with Gasteiger partial charge in [0.05, 0.1) is 24.6 Å². The second-order valence-electron chi connectivity index (χ2n) is 7.14. The van der Waals surface area contributed by atoms with Gasteiger partial charge in [-0.05, 0) is 33.0 Å². The Kier molecular flexibility index (Phi) is 5.79. The molecule has 0 radical (unpaired) electrons. The Morgan fingerprint density at radius 1 is 1.24 bits per heavy atom. The average molecular weight is 372 g/mol. The lowest BCUT2D eigenvalue weighted by molar-refractivity contribution is 0.0695. The number of morpholine rings is 1. The monoisotopic (exact) mass is 371 g/mol. The number of hydrogen-bond donors (Lipinski definition) is 0. The van der Waals surface area contributed by atoms with Gasteiger partial charge >= 0.3 is 0 Å². The van der Waals surface area contributed by atoms with Gasteiger partial charge in [0.1, 0.15) is 0 Å². The Morgan fingerprint density at radius 2 is 1.96 bits per heavy atom. The van der Waals surface area contributed by atoms with Crippen LogP contribution in [0.3, 0.4) is 0 Å². The van der Waals surface area contributed by atoms with Crippen molar-refractivity contribution in [3.05, 3.63) is 17.5 Å². The zero-order valence-electron chi connectivity index (χ0n) is 15.4. The van der Waals surface area contributed by atoms with Crippen molar-refractivity contribution in [2.45, 2.75) is 25.3 Å².